The summed E-state index contributed by atoms with van der Waals surface area (Å²) in [6.45, 7) is 5.98. The molecule has 3 saturated heterocycles. The minimum Gasteiger partial charge on any atom is -0.497 e. The first-order valence-electron chi connectivity index (χ1n) is 8.89. The van der Waals surface area contributed by atoms with E-state index in [4.69, 9.17) is 10.5 Å². The van der Waals surface area contributed by atoms with Crippen molar-refractivity contribution in [3.05, 3.63) is 42.6 Å². The molecule has 0 saturated carbocycles. The van der Waals surface area contributed by atoms with Crippen molar-refractivity contribution in [1.82, 2.24) is 9.88 Å². The number of anilines is 1. The molecule has 0 spiro atoms. The second kappa shape index (κ2) is 6.32. The number of nitrogens with two attached hydrogens (primary N) is 1. The van der Waals surface area contributed by atoms with Gasteiger partial charge in [0.2, 0.25) is 0 Å². The van der Waals surface area contributed by atoms with Gasteiger partial charge in [0.15, 0.2) is 0 Å². The van der Waals surface area contributed by atoms with E-state index < -0.39 is 6.10 Å². The van der Waals surface area contributed by atoms with Crippen molar-refractivity contribution in [3.63, 3.8) is 0 Å². The number of nitrogens with zero attached hydrogens (tertiary/aromatic N) is 2. The number of ether oxygens (including phenoxy) is 1. The lowest BCUT2D eigenvalue weighted by atomic mass is 9.73. The molecule has 3 fully saturated rings. The summed E-state index contributed by atoms with van der Waals surface area (Å²) in [7, 11) is 1.64. The Morgan fingerprint density at radius 1 is 1.48 bits per heavy atom. The number of rotatable bonds is 4. The van der Waals surface area contributed by atoms with E-state index in [2.05, 4.69) is 22.5 Å². The third-order valence-electron chi connectivity index (χ3n) is 5.96. The standard InChI is InChI=1S/C20H25N3O2/c1-3-12-11-23-7-6-13(12)8-18(23)20(24)19-15-9-14(25-2)4-5-17(15)22-10-16(19)21/h3-5,9-10,12-13,18,20,24H,1,6-8,11,21H2,2H3/t12-,13-,18-,20-/m0/s1. The van der Waals surface area contributed by atoms with Crippen LogP contribution in [-0.2, 0) is 0 Å². The van der Waals surface area contributed by atoms with Crippen molar-refractivity contribution in [3.8, 4) is 5.75 Å². The van der Waals surface area contributed by atoms with Gasteiger partial charge in [0.05, 0.1) is 30.6 Å². The third-order valence-corrected chi connectivity index (χ3v) is 5.96. The van der Waals surface area contributed by atoms with Crippen LogP contribution in [0.5, 0.6) is 5.75 Å². The number of hydrogen-bond donors (Lipinski definition) is 2. The molecular weight excluding hydrogens is 314 g/mol. The minimum absolute atomic E-state index is 0.0917. The predicted octanol–water partition coefficient (Wildman–Crippen LogP) is 2.76. The van der Waals surface area contributed by atoms with Crippen molar-refractivity contribution in [2.45, 2.75) is 25.0 Å². The van der Waals surface area contributed by atoms with Crippen LogP contribution >= 0.6 is 0 Å². The molecule has 5 atom stereocenters. The molecule has 0 amide bonds. The molecule has 4 heterocycles. The number of methoxy groups -OCH3 is 1. The fourth-order valence-electron chi connectivity index (χ4n) is 4.56. The number of aliphatic hydroxyl groups is 1. The highest BCUT2D eigenvalue weighted by Crippen LogP contribution is 2.43. The highest BCUT2D eigenvalue weighted by molar-refractivity contribution is 5.87. The second-order valence-electron chi connectivity index (χ2n) is 7.20. The van der Waals surface area contributed by atoms with Crippen LogP contribution in [0.15, 0.2) is 37.1 Å². The van der Waals surface area contributed by atoms with E-state index in [1.54, 1.807) is 13.3 Å². The largest absolute Gasteiger partial charge is 0.497 e. The van der Waals surface area contributed by atoms with Crippen molar-refractivity contribution in [2.24, 2.45) is 11.8 Å². The summed E-state index contributed by atoms with van der Waals surface area (Å²) in [5.41, 5.74) is 8.38. The summed E-state index contributed by atoms with van der Waals surface area (Å²) in [5.74, 6) is 1.88. The van der Waals surface area contributed by atoms with Crippen LogP contribution < -0.4 is 10.5 Å². The highest BCUT2D eigenvalue weighted by atomic mass is 16.5. The Morgan fingerprint density at radius 2 is 2.32 bits per heavy atom. The van der Waals surface area contributed by atoms with Gasteiger partial charge in [-0.2, -0.15) is 0 Å². The van der Waals surface area contributed by atoms with Gasteiger partial charge in [-0.3, -0.25) is 9.88 Å². The van der Waals surface area contributed by atoms with Gasteiger partial charge in [0.25, 0.3) is 0 Å². The SMILES string of the molecule is C=C[C@H]1CN2CC[C@H]1C[C@H]2[C@H](O)c1c(N)cnc2ccc(OC)cc12. The first kappa shape index (κ1) is 16.4. The van der Waals surface area contributed by atoms with Gasteiger partial charge in [0, 0.05) is 23.5 Å². The number of aromatic nitrogens is 1. The zero-order valence-electron chi connectivity index (χ0n) is 14.6. The van der Waals surface area contributed by atoms with Gasteiger partial charge in [-0.1, -0.05) is 6.08 Å². The molecule has 3 aliphatic heterocycles. The van der Waals surface area contributed by atoms with Crippen molar-refractivity contribution >= 4 is 16.6 Å². The third kappa shape index (κ3) is 2.68. The van der Waals surface area contributed by atoms with Crippen LogP contribution in [0.3, 0.4) is 0 Å². The summed E-state index contributed by atoms with van der Waals surface area (Å²) < 4.78 is 5.35. The fourth-order valence-corrected chi connectivity index (χ4v) is 4.56. The Balaban J connectivity index is 1.74. The monoisotopic (exact) mass is 339 g/mol. The number of piperidine rings is 3. The first-order valence-corrected chi connectivity index (χ1v) is 8.89. The molecule has 5 heteroatoms. The van der Waals surface area contributed by atoms with Crippen LogP contribution in [0.2, 0.25) is 0 Å². The van der Waals surface area contributed by atoms with Crippen molar-refractivity contribution < 1.29 is 9.84 Å². The minimum atomic E-state index is -0.633. The van der Waals surface area contributed by atoms with Gasteiger partial charge >= 0.3 is 0 Å². The average molecular weight is 339 g/mol. The Hall–Kier alpha value is -2.11. The van der Waals surface area contributed by atoms with Gasteiger partial charge in [-0.05, 0) is 49.4 Å². The van der Waals surface area contributed by atoms with E-state index in [9.17, 15) is 5.11 Å². The van der Waals surface area contributed by atoms with Crippen LogP contribution in [0.25, 0.3) is 10.9 Å². The molecule has 5 rings (SSSR count). The molecule has 5 nitrogen and oxygen atoms in total. The molecule has 0 aliphatic carbocycles. The van der Waals surface area contributed by atoms with Gasteiger partial charge in [-0.25, -0.2) is 0 Å². The van der Waals surface area contributed by atoms with E-state index in [-0.39, 0.29) is 6.04 Å². The molecular formula is C20H25N3O2. The van der Waals surface area contributed by atoms with E-state index >= 15 is 0 Å². The average Bonchev–Trinajstić information content (AvgIpc) is 2.67. The molecule has 0 radical (unpaired) electrons. The molecule has 3 N–H and O–H groups in total. The molecule has 3 aliphatic rings. The Bertz CT molecular complexity index is 807. The molecule has 1 unspecified atom stereocenters. The maximum absolute atomic E-state index is 11.3. The number of hydrogen-bond acceptors (Lipinski definition) is 5. The molecule has 132 valence electrons. The quantitative estimate of drug-likeness (QED) is 0.838. The summed E-state index contributed by atoms with van der Waals surface area (Å²) in [6.07, 6.45) is 5.24. The second-order valence-corrected chi connectivity index (χ2v) is 7.20. The highest BCUT2D eigenvalue weighted by Gasteiger charge is 2.42. The number of benzene rings is 1. The molecule has 2 bridgehead atoms. The molecule has 1 aromatic heterocycles. The number of pyridine rings is 1. The van der Waals surface area contributed by atoms with Gasteiger partial charge < -0.3 is 15.6 Å². The van der Waals surface area contributed by atoms with E-state index in [0.29, 0.717) is 17.5 Å². The topological polar surface area (TPSA) is 71.6 Å². The van der Waals surface area contributed by atoms with E-state index in [1.807, 2.05) is 18.2 Å². The summed E-state index contributed by atoms with van der Waals surface area (Å²) in [4.78, 5) is 6.79. The fraction of sp³-hybridized carbons (Fsp3) is 0.450. The molecule has 1 aromatic carbocycles. The molecule has 25 heavy (non-hydrogen) atoms. The maximum atomic E-state index is 11.3. The lowest BCUT2D eigenvalue weighted by molar-refractivity contribution is -0.0442. The Morgan fingerprint density at radius 3 is 3.00 bits per heavy atom. The molecule has 2 aromatic rings. The van der Waals surface area contributed by atoms with Crippen LogP contribution in [-0.4, -0.2) is 41.2 Å². The first-order chi connectivity index (χ1) is 12.1. The summed E-state index contributed by atoms with van der Waals surface area (Å²) in [6, 6.07) is 5.79. The lowest BCUT2D eigenvalue weighted by Crippen LogP contribution is -2.54. The van der Waals surface area contributed by atoms with Crippen LogP contribution in [0, 0.1) is 11.8 Å². The number of nitrogen functional groups attached to an aromatic ring is 1. The summed E-state index contributed by atoms with van der Waals surface area (Å²) in [5, 5.41) is 12.1. The maximum Gasteiger partial charge on any atom is 0.119 e. The number of fused-ring (bicyclic) bond motifs is 4. The van der Waals surface area contributed by atoms with Crippen LogP contribution in [0.4, 0.5) is 5.69 Å². The van der Waals surface area contributed by atoms with Gasteiger partial charge in [-0.15, -0.1) is 6.58 Å². The Kier molecular flexibility index (Phi) is 4.13. The van der Waals surface area contributed by atoms with Gasteiger partial charge in [0.1, 0.15) is 5.75 Å². The van der Waals surface area contributed by atoms with Crippen molar-refractivity contribution in [2.75, 3.05) is 25.9 Å². The van der Waals surface area contributed by atoms with Crippen LogP contribution in [0.1, 0.15) is 24.5 Å². The normalized spacial score (nSPS) is 29.5. The predicted molar refractivity (Wildman–Crippen MR) is 99.4 cm³/mol. The number of aliphatic hydroxyl groups excluding tert-OH is 1. The van der Waals surface area contributed by atoms with E-state index in [1.165, 1.54) is 6.42 Å². The Labute approximate surface area is 148 Å². The summed E-state index contributed by atoms with van der Waals surface area (Å²) >= 11 is 0. The zero-order chi connectivity index (χ0) is 17.6. The van der Waals surface area contributed by atoms with E-state index in [0.717, 1.165) is 41.7 Å². The lowest BCUT2D eigenvalue weighted by Gasteiger charge is -2.50. The zero-order valence-corrected chi connectivity index (χ0v) is 14.6. The smallest absolute Gasteiger partial charge is 0.119 e. The van der Waals surface area contributed by atoms with Crippen molar-refractivity contribution in [1.29, 1.82) is 0 Å².